The first-order chi connectivity index (χ1) is 14.6. The van der Waals surface area contributed by atoms with E-state index in [-0.39, 0.29) is 42.3 Å². The molecule has 7 nitrogen and oxygen atoms in total. The summed E-state index contributed by atoms with van der Waals surface area (Å²) in [5, 5.41) is 2.97. The van der Waals surface area contributed by atoms with Gasteiger partial charge in [0.2, 0.25) is 18.6 Å². The van der Waals surface area contributed by atoms with Crippen LogP contribution in [0, 0.1) is 23.7 Å². The molecule has 2 unspecified atom stereocenters. The van der Waals surface area contributed by atoms with Gasteiger partial charge in [-0.3, -0.25) is 14.4 Å². The number of carbonyl (C=O) groups is 3. The number of amides is 2. The van der Waals surface area contributed by atoms with Crippen molar-refractivity contribution in [1.82, 2.24) is 4.90 Å². The molecule has 2 saturated carbocycles. The number of benzene rings is 1. The molecule has 2 atom stereocenters. The highest BCUT2D eigenvalue weighted by Gasteiger charge is 2.42. The van der Waals surface area contributed by atoms with Crippen molar-refractivity contribution in [3.8, 4) is 11.5 Å². The van der Waals surface area contributed by atoms with Crippen LogP contribution in [-0.4, -0.2) is 42.4 Å². The zero-order chi connectivity index (χ0) is 20.7. The number of rotatable bonds is 3. The summed E-state index contributed by atoms with van der Waals surface area (Å²) in [6, 6.07) is 5.38. The van der Waals surface area contributed by atoms with Gasteiger partial charge in [0.1, 0.15) is 5.78 Å². The fourth-order valence-electron chi connectivity index (χ4n) is 5.52. The molecule has 1 aromatic carbocycles. The van der Waals surface area contributed by atoms with E-state index in [0.29, 0.717) is 48.9 Å². The number of likely N-dealkylation sites (tertiary alicyclic amines) is 1. The van der Waals surface area contributed by atoms with Crippen LogP contribution in [0.4, 0.5) is 5.69 Å². The Kier molecular flexibility index (Phi) is 5.13. The smallest absolute Gasteiger partial charge is 0.231 e. The average Bonchev–Trinajstić information content (AvgIpc) is 3.21. The molecule has 1 N–H and O–H groups in total. The second-order valence-electron chi connectivity index (χ2n) is 9.05. The Bertz CT molecular complexity index is 845. The van der Waals surface area contributed by atoms with Gasteiger partial charge in [0.25, 0.3) is 0 Å². The van der Waals surface area contributed by atoms with E-state index < -0.39 is 0 Å². The molecule has 2 aliphatic heterocycles. The largest absolute Gasteiger partial charge is 0.454 e. The van der Waals surface area contributed by atoms with E-state index in [1.54, 1.807) is 12.1 Å². The Labute approximate surface area is 176 Å². The molecule has 2 bridgehead atoms. The Hall–Kier alpha value is -2.57. The molecule has 0 spiro atoms. The predicted molar refractivity (Wildman–Crippen MR) is 109 cm³/mol. The van der Waals surface area contributed by atoms with Gasteiger partial charge in [-0.15, -0.1) is 0 Å². The van der Waals surface area contributed by atoms with Gasteiger partial charge < -0.3 is 19.7 Å². The van der Waals surface area contributed by atoms with Crippen LogP contribution in [0.3, 0.4) is 0 Å². The fourth-order valence-corrected chi connectivity index (χ4v) is 5.52. The van der Waals surface area contributed by atoms with Crippen LogP contribution < -0.4 is 14.8 Å². The third kappa shape index (κ3) is 3.66. The second kappa shape index (κ2) is 7.93. The van der Waals surface area contributed by atoms with Gasteiger partial charge in [0.05, 0.1) is 0 Å². The quantitative estimate of drug-likeness (QED) is 0.825. The topological polar surface area (TPSA) is 84.9 Å². The SMILES string of the molecule is O=C(Nc1ccc2c(c1)OCO2)C1CCN(C(=O)C2CC3CCCC(C2)C3=O)CC1. The zero-order valence-electron chi connectivity index (χ0n) is 17.1. The number of nitrogens with one attached hydrogen (secondary N) is 1. The molecule has 30 heavy (non-hydrogen) atoms. The molecule has 4 aliphatic rings. The maximum Gasteiger partial charge on any atom is 0.231 e. The van der Waals surface area contributed by atoms with Gasteiger partial charge in [0.15, 0.2) is 11.5 Å². The highest BCUT2D eigenvalue weighted by atomic mass is 16.7. The summed E-state index contributed by atoms with van der Waals surface area (Å²) in [4.78, 5) is 40.0. The molecule has 7 heteroatoms. The summed E-state index contributed by atoms with van der Waals surface area (Å²) in [5.41, 5.74) is 0.696. The van der Waals surface area contributed by atoms with E-state index in [2.05, 4.69) is 5.32 Å². The Balaban J connectivity index is 1.14. The number of ether oxygens (including phenoxy) is 2. The minimum atomic E-state index is -0.105. The van der Waals surface area contributed by atoms with Crippen LogP contribution in [0.1, 0.15) is 44.9 Å². The van der Waals surface area contributed by atoms with Gasteiger partial charge in [-0.2, -0.15) is 0 Å². The van der Waals surface area contributed by atoms with Crippen molar-refractivity contribution in [2.45, 2.75) is 44.9 Å². The number of hydrogen-bond acceptors (Lipinski definition) is 5. The Morgan fingerprint density at radius 1 is 0.933 bits per heavy atom. The van der Waals surface area contributed by atoms with Crippen molar-refractivity contribution in [2.24, 2.45) is 23.7 Å². The van der Waals surface area contributed by atoms with Gasteiger partial charge in [-0.1, -0.05) is 6.42 Å². The lowest BCUT2D eigenvalue weighted by Gasteiger charge is -2.40. The number of carbonyl (C=O) groups excluding carboxylic acids is 3. The van der Waals surface area contributed by atoms with Gasteiger partial charge >= 0.3 is 0 Å². The van der Waals surface area contributed by atoms with Crippen LogP contribution >= 0.6 is 0 Å². The third-order valence-corrected chi connectivity index (χ3v) is 7.21. The van der Waals surface area contributed by atoms with Crippen molar-refractivity contribution in [3.63, 3.8) is 0 Å². The van der Waals surface area contributed by atoms with Crippen molar-refractivity contribution in [2.75, 3.05) is 25.2 Å². The average molecular weight is 412 g/mol. The first-order valence-electron chi connectivity index (χ1n) is 11.1. The number of piperidine rings is 1. The maximum atomic E-state index is 13.1. The highest BCUT2D eigenvalue weighted by Crippen LogP contribution is 2.41. The minimum absolute atomic E-state index is 0.0150. The number of ketones is 1. The van der Waals surface area contributed by atoms with Crippen molar-refractivity contribution in [3.05, 3.63) is 18.2 Å². The lowest BCUT2D eigenvalue weighted by molar-refractivity contribution is -0.145. The first kappa shape index (κ1) is 19.4. The number of hydrogen-bond donors (Lipinski definition) is 1. The zero-order valence-corrected chi connectivity index (χ0v) is 17.1. The lowest BCUT2D eigenvalue weighted by atomic mass is 9.67. The second-order valence-corrected chi connectivity index (χ2v) is 9.05. The minimum Gasteiger partial charge on any atom is -0.454 e. The van der Waals surface area contributed by atoms with Crippen LogP contribution in [-0.2, 0) is 14.4 Å². The van der Waals surface area contributed by atoms with E-state index in [1.807, 2.05) is 11.0 Å². The molecule has 2 heterocycles. The lowest BCUT2D eigenvalue weighted by Crippen LogP contribution is -2.47. The van der Waals surface area contributed by atoms with E-state index in [0.717, 1.165) is 32.1 Å². The normalized spacial score (nSPS) is 28.3. The van der Waals surface area contributed by atoms with Crippen LogP contribution in [0.5, 0.6) is 11.5 Å². The number of nitrogens with zero attached hydrogens (tertiary/aromatic N) is 1. The van der Waals surface area contributed by atoms with E-state index in [9.17, 15) is 14.4 Å². The summed E-state index contributed by atoms with van der Waals surface area (Å²) in [6.07, 6.45) is 5.78. The van der Waals surface area contributed by atoms with Gasteiger partial charge in [0, 0.05) is 48.5 Å². The van der Waals surface area contributed by atoms with Crippen molar-refractivity contribution in [1.29, 1.82) is 0 Å². The molecular weight excluding hydrogens is 384 g/mol. The van der Waals surface area contributed by atoms with E-state index >= 15 is 0 Å². The van der Waals surface area contributed by atoms with Crippen LogP contribution in [0.25, 0.3) is 0 Å². The van der Waals surface area contributed by atoms with E-state index in [4.69, 9.17) is 9.47 Å². The fraction of sp³-hybridized carbons (Fsp3) is 0.609. The summed E-state index contributed by atoms with van der Waals surface area (Å²) < 4.78 is 10.7. The number of Topliss-reactive ketones (excluding diaryl/α,β-unsaturated/α-hetero) is 1. The molecule has 0 radical (unpaired) electrons. The highest BCUT2D eigenvalue weighted by molar-refractivity contribution is 5.93. The Morgan fingerprint density at radius 2 is 1.63 bits per heavy atom. The molecular formula is C23H28N2O5. The standard InChI is InChI=1S/C23H28N2O5/c26-21-15-2-1-3-16(21)11-17(10-15)23(28)25-8-6-14(7-9-25)22(27)24-18-4-5-19-20(12-18)30-13-29-19/h4-5,12,14-17H,1-3,6-11,13H2,(H,24,27). The van der Waals surface area contributed by atoms with Gasteiger partial charge in [-0.25, -0.2) is 0 Å². The molecule has 2 amide bonds. The third-order valence-electron chi connectivity index (χ3n) is 7.21. The molecule has 1 saturated heterocycles. The van der Waals surface area contributed by atoms with Crippen molar-refractivity contribution < 1.29 is 23.9 Å². The van der Waals surface area contributed by atoms with E-state index in [1.165, 1.54) is 0 Å². The van der Waals surface area contributed by atoms with Crippen LogP contribution in [0.2, 0.25) is 0 Å². The van der Waals surface area contributed by atoms with Crippen LogP contribution in [0.15, 0.2) is 18.2 Å². The summed E-state index contributed by atoms with van der Waals surface area (Å²) in [6.45, 7) is 1.42. The summed E-state index contributed by atoms with van der Waals surface area (Å²) in [7, 11) is 0. The molecule has 2 aliphatic carbocycles. The maximum absolute atomic E-state index is 13.1. The monoisotopic (exact) mass is 412 g/mol. The molecule has 3 fully saturated rings. The molecule has 0 aromatic heterocycles. The molecule has 1 aromatic rings. The van der Waals surface area contributed by atoms with Crippen molar-refractivity contribution >= 4 is 23.3 Å². The number of fused-ring (bicyclic) bond motifs is 3. The summed E-state index contributed by atoms with van der Waals surface area (Å²) >= 11 is 0. The van der Waals surface area contributed by atoms with Gasteiger partial charge in [-0.05, 0) is 50.7 Å². The predicted octanol–water partition coefficient (Wildman–Crippen LogP) is 2.99. The Morgan fingerprint density at radius 3 is 2.37 bits per heavy atom. The first-order valence-corrected chi connectivity index (χ1v) is 11.1. The molecule has 160 valence electrons. The number of anilines is 1. The molecule has 5 rings (SSSR count). The summed E-state index contributed by atoms with van der Waals surface area (Å²) in [5.74, 6) is 1.96.